The van der Waals surface area contributed by atoms with Crippen LogP contribution in [0.25, 0.3) is 20.7 Å². The average Bonchev–Trinajstić information content (AvgIpc) is 3.39. The molecule has 1 unspecified atom stereocenters. The van der Waals surface area contributed by atoms with Crippen LogP contribution < -0.4 is 4.90 Å². The molecular formula is C22H24N4O3S. The van der Waals surface area contributed by atoms with E-state index < -0.39 is 12.0 Å². The summed E-state index contributed by atoms with van der Waals surface area (Å²) in [5.41, 5.74) is 1.13. The van der Waals surface area contributed by atoms with Crippen LogP contribution in [0.2, 0.25) is 0 Å². The van der Waals surface area contributed by atoms with E-state index in [1.165, 1.54) is 4.90 Å². The lowest BCUT2D eigenvalue weighted by Crippen LogP contribution is -2.41. The number of fused-ring (bicyclic) bond motifs is 1. The van der Waals surface area contributed by atoms with Crippen molar-refractivity contribution in [1.29, 1.82) is 0 Å². The SMILES string of the molecule is Cc1nc(N(C)CCC(=O)N2CCCC2C(=O)O)c2cc(-c3ccccc3)sc2n1. The Morgan fingerprint density at radius 2 is 2.03 bits per heavy atom. The topological polar surface area (TPSA) is 86.6 Å². The van der Waals surface area contributed by atoms with Crippen LogP contribution in [0, 0.1) is 6.92 Å². The van der Waals surface area contributed by atoms with E-state index in [0.29, 0.717) is 25.3 Å². The summed E-state index contributed by atoms with van der Waals surface area (Å²) in [5.74, 6) is 0.431. The Hall–Kier alpha value is -3.00. The molecule has 0 aliphatic carbocycles. The summed E-state index contributed by atoms with van der Waals surface area (Å²) in [6, 6.07) is 11.6. The number of aliphatic carboxylic acids is 1. The number of thiophene rings is 1. The van der Waals surface area contributed by atoms with Crippen molar-refractivity contribution in [2.75, 3.05) is 25.0 Å². The highest BCUT2D eigenvalue weighted by Crippen LogP contribution is 2.36. The largest absolute Gasteiger partial charge is 0.480 e. The fourth-order valence-corrected chi connectivity index (χ4v) is 4.96. The normalized spacial score (nSPS) is 16.2. The maximum Gasteiger partial charge on any atom is 0.326 e. The highest BCUT2D eigenvalue weighted by Gasteiger charge is 2.33. The summed E-state index contributed by atoms with van der Waals surface area (Å²) in [6.45, 7) is 2.84. The number of carboxylic acids is 1. The van der Waals surface area contributed by atoms with Gasteiger partial charge in [-0.3, -0.25) is 4.79 Å². The number of carboxylic acid groups (broad SMARTS) is 1. The standard InChI is InChI=1S/C22H24N4O3S/c1-14-23-20(16-13-18(30-21(16)24-14)15-7-4-3-5-8-15)25(2)12-10-19(27)26-11-6-9-17(26)22(28)29/h3-5,7-8,13,17H,6,9-12H2,1-2H3,(H,28,29). The van der Waals surface area contributed by atoms with Gasteiger partial charge in [-0.25, -0.2) is 14.8 Å². The molecule has 1 N–H and O–H groups in total. The number of carbonyl (C=O) groups is 2. The Balaban J connectivity index is 1.54. The number of hydrogen-bond acceptors (Lipinski definition) is 6. The van der Waals surface area contributed by atoms with Crippen LogP contribution in [0.4, 0.5) is 5.82 Å². The Morgan fingerprint density at radius 1 is 1.27 bits per heavy atom. The molecule has 8 heteroatoms. The van der Waals surface area contributed by atoms with Gasteiger partial charge in [0.05, 0.1) is 5.39 Å². The first-order valence-corrected chi connectivity index (χ1v) is 10.8. The highest BCUT2D eigenvalue weighted by atomic mass is 32.1. The van der Waals surface area contributed by atoms with Gasteiger partial charge in [0.1, 0.15) is 22.5 Å². The monoisotopic (exact) mass is 424 g/mol. The van der Waals surface area contributed by atoms with Crippen molar-refractivity contribution in [2.45, 2.75) is 32.2 Å². The van der Waals surface area contributed by atoms with Crippen LogP contribution in [0.3, 0.4) is 0 Å². The molecule has 1 atom stereocenters. The summed E-state index contributed by atoms with van der Waals surface area (Å²) in [5, 5.41) is 10.3. The predicted molar refractivity (Wildman–Crippen MR) is 118 cm³/mol. The first-order chi connectivity index (χ1) is 14.4. The molecule has 4 rings (SSSR count). The fourth-order valence-electron chi connectivity index (χ4n) is 3.88. The molecule has 0 bridgehead atoms. The lowest BCUT2D eigenvalue weighted by Gasteiger charge is -2.24. The third kappa shape index (κ3) is 4.00. The quantitative estimate of drug-likeness (QED) is 0.651. The van der Waals surface area contributed by atoms with E-state index in [0.717, 1.165) is 32.9 Å². The smallest absolute Gasteiger partial charge is 0.326 e. The number of anilines is 1. The van der Waals surface area contributed by atoms with Crippen molar-refractivity contribution in [2.24, 2.45) is 0 Å². The number of carbonyl (C=O) groups excluding carboxylic acids is 1. The van der Waals surface area contributed by atoms with Gasteiger partial charge in [0, 0.05) is 31.4 Å². The summed E-state index contributed by atoms with van der Waals surface area (Å²) >= 11 is 1.63. The lowest BCUT2D eigenvalue weighted by atomic mass is 10.2. The van der Waals surface area contributed by atoms with Crippen molar-refractivity contribution in [1.82, 2.24) is 14.9 Å². The van der Waals surface area contributed by atoms with Gasteiger partial charge in [-0.15, -0.1) is 11.3 Å². The zero-order valence-corrected chi connectivity index (χ0v) is 17.9. The summed E-state index contributed by atoms with van der Waals surface area (Å²) in [7, 11) is 1.91. The van der Waals surface area contributed by atoms with Crippen molar-refractivity contribution < 1.29 is 14.7 Å². The molecule has 3 heterocycles. The summed E-state index contributed by atoms with van der Waals surface area (Å²) in [4.78, 5) is 38.7. The highest BCUT2D eigenvalue weighted by molar-refractivity contribution is 7.21. The van der Waals surface area contributed by atoms with Crippen molar-refractivity contribution in [3.05, 3.63) is 42.2 Å². The van der Waals surface area contributed by atoms with Gasteiger partial charge in [-0.1, -0.05) is 30.3 Å². The fraction of sp³-hybridized carbons (Fsp3) is 0.364. The molecule has 3 aromatic rings. The number of benzene rings is 1. The van der Waals surface area contributed by atoms with Crippen molar-refractivity contribution in [3.8, 4) is 10.4 Å². The molecule has 30 heavy (non-hydrogen) atoms. The van der Waals surface area contributed by atoms with Crippen LogP contribution in [0.15, 0.2) is 36.4 Å². The zero-order chi connectivity index (χ0) is 21.3. The molecule has 1 aromatic carbocycles. The van der Waals surface area contributed by atoms with Crippen LogP contribution >= 0.6 is 11.3 Å². The van der Waals surface area contributed by atoms with Gasteiger partial charge in [0.15, 0.2) is 0 Å². The van der Waals surface area contributed by atoms with Crippen LogP contribution in [0.1, 0.15) is 25.1 Å². The molecule has 1 aliphatic heterocycles. The minimum Gasteiger partial charge on any atom is -0.480 e. The van der Waals surface area contributed by atoms with Crippen LogP contribution in [-0.2, 0) is 9.59 Å². The molecule has 1 amide bonds. The molecule has 1 aliphatic rings. The summed E-state index contributed by atoms with van der Waals surface area (Å²) in [6.07, 6.45) is 1.52. The van der Waals surface area contributed by atoms with E-state index in [9.17, 15) is 14.7 Å². The molecule has 156 valence electrons. The minimum atomic E-state index is -0.922. The average molecular weight is 425 g/mol. The van der Waals surface area contributed by atoms with E-state index in [2.05, 4.69) is 28.2 Å². The van der Waals surface area contributed by atoms with Gasteiger partial charge < -0.3 is 14.9 Å². The number of likely N-dealkylation sites (tertiary alicyclic amines) is 1. The maximum atomic E-state index is 12.6. The van der Waals surface area contributed by atoms with E-state index >= 15 is 0 Å². The van der Waals surface area contributed by atoms with Crippen molar-refractivity contribution >= 4 is 39.2 Å². The predicted octanol–water partition coefficient (Wildman–Crippen LogP) is 3.57. The third-order valence-corrected chi connectivity index (χ3v) is 6.50. The van der Waals surface area contributed by atoms with Gasteiger partial charge in [0.2, 0.25) is 5.91 Å². The Kier molecular flexibility index (Phi) is 5.67. The molecule has 7 nitrogen and oxygen atoms in total. The molecule has 0 saturated carbocycles. The van der Waals surface area contributed by atoms with Gasteiger partial charge in [0.25, 0.3) is 0 Å². The number of rotatable bonds is 6. The van der Waals surface area contributed by atoms with Gasteiger partial charge >= 0.3 is 5.97 Å². The molecule has 1 saturated heterocycles. The molecule has 1 fully saturated rings. The number of aryl methyl sites for hydroxylation is 1. The molecule has 0 radical (unpaired) electrons. The number of amides is 1. The second kappa shape index (κ2) is 8.39. The van der Waals surface area contributed by atoms with E-state index in [1.807, 2.05) is 37.1 Å². The van der Waals surface area contributed by atoms with E-state index in [1.54, 1.807) is 11.3 Å². The first-order valence-electron chi connectivity index (χ1n) is 10.0. The molecule has 2 aromatic heterocycles. The number of nitrogens with zero attached hydrogens (tertiary/aromatic N) is 4. The van der Waals surface area contributed by atoms with E-state index in [4.69, 9.17) is 0 Å². The Bertz CT molecular complexity index is 1080. The lowest BCUT2D eigenvalue weighted by molar-refractivity contribution is -0.148. The first kappa shape index (κ1) is 20.3. The second-order valence-electron chi connectivity index (χ2n) is 7.54. The third-order valence-electron chi connectivity index (χ3n) is 5.42. The van der Waals surface area contributed by atoms with Crippen LogP contribution in [0.5, 0.6) is 0 Å². The molecular weight excluding hydrogens is 400 g/mol. The van der Waals surface area contributed by atoms with E-state index in [-0.39, 0.29) is 12.3 Å². The maximum absolute atomic E-state index is 12.6. The molecule has 0 spiro atoms. The van der Waals surface area contributed by atoms with Gasteiger partial charge in [-0.2, -0.15) is 0 Å². The summed E-state index contributed by atoms with van der Waals surface area (Å²) < 4.78 is 0. The zero-order valence-electron chi connectivity index (χ0n) is 17.0. The Labute approximate surface area is 179 Å². The Morgan fingerprint density at radius 3 is 2.77 bits per heavy atom. The second-order valence-corrected chi connectivity index (χ2v) is 8.58. The number of hydrogen-bond donors (Lipinski definition) is 1. The van der Waals surface area contributed by atoms with Crippen molar-refractivity contribution in [3.63, 3.8) is 0 Å². The van der Waals surface area contributed by atoms with Gasteiger partial charge in [-0.05, 0) is 31.4 Å². The van der Waals surface area contributed by atoms with Crippen LogP contribution in [-0.4, -0.2) is 58.0 Å². The number of aromatic nitrogens is 2. The minimum absolute atomic E-state index is 0.121.